The standard InChI is InChI=1S/C12H19FN2/c1-4-12(13)9-14-11(3)15-7-5-10(2)6-8-15/h4,9-10H,3,5-8H2,1-2H3/b12-4+,14-9-. The third kappa shape index (κ3) is 3.86. The van der Waals surface area contributed by atoms with Gasteiger partial charge in [0.2, 0.25) is 0 Å². The van der Waals surface area contributed by atoms with Crippen LogP contribution in [-0.2, 0) is 0 Å². The van der Waals surface area contributed by atoms with Crippen LogP contribution in [0.4, 0.5) is 4.39 Å². The molecule has 0 amide bonds. The Hall–Kier alpha value is -1.12. The van der Waals surface area contributed by atoms with Crippen molar-refractivity contribution in [3.63, 3.8) is 0 Å². The van der Waals surface area contributed by atoms with E-state index in [-0.39, 0.29) is 5.83 Å². The first-order valence-corrected chi connectivity index (χ1v) is 5.43. The van der Waals surface area contributed by atoms with Gasteiger partial charge in [0.05, 0.1) is 6.21 Å². The van der Waals surface area contributed by atoms with Crippen molar-refractivity contribution in [2.75, 3.05) is 13.1 Å². The maximum absolute atomic E-state index is 12.8. The first-order chi connectivity index (χ1) is 7.13. The van der Waals surface area contributed by atoms with Crippen LogP contribution in [0.25, 0.3) is 0 Å². The van der Waals surface area contributed by atoms with E-state index in [9.17, 15) is 4.39 Å². The summed E-state index contributed by atoms with van der Waals surface area (Å²) in [4.78, 5) is 6.12. The summed E-state index contributed by atoms with van der Waals surface area (Å²) in [5.74, 6) is 1.13. The highest BCUT2D eigenvalue weighted by Crippen LogP contribution is 2.19. The Bertz CT molecular complexity index is 273. The first-order valence-electron chi connectivity index (χ1n) is 5.43. The fourth-order valence-electron chi connectivity index (χ4n) is 1.56. The van der Waals surface area contributed by atoms with Gasteiger partial charge in [-0.2, -0.15) is 0 Å². The fraction of sp³-hybridized carbons (Fsp3) is 0.583. The minimum Gasteiger partial charge on any atom is -0.357 e. The van der Waals surface area contributed by atoms with Gasteiger partial charge in [0.15, 0.2) is 0 Å². The summed E-state index contributed by atoms with van der Waals surface area (Å²) >= 11 is 0. The van der Waals surface area contributed by atoms with E-state index in [1.165, 1.54) is 25.1 Å². The molecule has 0 radical (unpaired) electrons. The molecule has 15 heavy (non-hydrogen) atoms. The van der Waals surface area contributed by atoms with E-state index in [1.54, 1.807) is 6.92 Å². The number of hydrogen-bond donors (Lipinski definition) is 0. The lowest BCUT2D eigenvalue weighted by Crippen LogP contribution is -2.31. The molecule has 1 aliphatic heterocycles. The number of halogens is 1. The Balaban J connectivity index is 2.44. The fourth-order valence-corrected chi connectivity index (χ4v) is 1.56. The number of likely N-dealkylation sites (tertiary alicyclic amines) is 1. The number of rotatable bonds is 3. The molecule has 0 saturated carbocycles. The maximum Gasteiger partial charge on any atom is 0.137 e. The number of aliphatic imine (C=N–C) groups is 1. The second-order valence-corrected chi connectivity index (χ2v) is 4.02. The second kappa shape index (κ2) is 5.69. The molecular formula is C12H19FN2. The topological polar surface area (TPSA) is 15.6 Å². The molecule has 0 bridgehead atoms. The molecule has 1 heterocycles. The monoisotopic (exact) mass is 210 g/mol. The SMILES string of the molecule is C=C(/N=C\C(F)=C/C)N1CCC(C)CC1. The molecule has 0 N–H and O–H groups in total. The summed E-state index contributed by atoms with van der Waals surface area (Å²) in [5.41, 5.74) is 0. The van der Waals surface area contributed by atoms with Crippen molar-refractivity contribution in [1.82, 2.24) is 4.90 Å². The first kappa shape index (κ1) is 12.0. The van der Waals surface area contributed by atoms with Crippen LogP contribution in [0.15, 0.2) is 29.3 Å². The predicted molar refractivity (Wildman–Crippen MR) is 62.5 cm³/mol. The highest BCUT2D eigenvalue weighted by atomic mass is 19.1. The van der Waals surface area contributed by atoms with Crippen molar-refractivity contribution < 1.29 is 4.39 Å². The molecule has 1 saturated heterocycles. The molecule has 84 valence electrons. The van der Waals surface area contributed by atoms with Gasteiger partial charge in [0, 0.05) is 13.1 Å². The molecule has 1 rings (SSSR count). The van der Waals surface area contributed by atoms with Crippen LogP contribution in [0.5, 0.6) is 0 Å². The average Bonchev–Trinajstić information content (AvgIpc) is 2.26. The highest BCUT2D eigenvalue weighted by Gasteiger charge is 2.15. The zero-order chi connectivity index (χ0) is 11.3. The zero-order valence-electron chi connectivity index (χ0n) is 9.54. The molecule has 1 aliphatic rings. The van der Waals surface area contributed by atoms with Crippen LogP contribution in [0.1, 0.15) is 26.7 Å². The van der Waals surface area contributed by atoms with E-state index in [4.69, 9.17) is 0 Å². The largest absolute Gasteiger partial charge is 0.357 e. The molecule has 0 aromatic heterocycles. The van der Waals surface area contributed by atoms with E-state index in [0.29, 0.717) is 5.82 Å². The van der Waals surface area contributed by atoms with Crippen molar-refractivity contribution in [3.05, 3.63) is 24.3 Å². The highest BCUT2D eigenvalue weighted by molar-refractivity contribution is 5.76. The van der Waals surface area contributed by atoms with Gasteiger partial charge in [0.25, 0.3) is 0 Å². The number of nitrogens with zero attached hydrogens (tertiary/aromatic N) is 2. The lowest BCUT2D eigenvalue weighted by atomic mass is 9.99. The van der Waals surface area contributed by atoms with E-state index in [0.717, 1.165) is 19.0 Å². The van der Waals surface area contributed by atoms with Gasteiger partial charge in [-0.1, -0.05) is 19.6 Å². The van der Waals surface area contributed by atoms with Gasteiger partial charge < -0.3 is 4.90 Å². The molecule has 1 fully saturated rings. The van der Waals surface area contributed by atoms with E-state index in [2.05, 4.69) is 23.4 Å². The van der Waals surface area contributed by atoms with Gasteiger partial charge in [-0.25, -0.2) is 9.38 Å². The third-order valence-corrected chi connectivity index (χ3v) is 2.76. The normalized spacial score (nSPS) is 19.9. The smallest absolute Gasteiger partial charge is 0.137 e. The number of piperidine rings is 1. The van der Waals surface area contributed by atoms with Gasteiger partial charge >= 0.3 is 0 Å². The average molecular weight is 210 g/mol. The Morgan fingerprint density at radius 2 is 2.07 bits per heavy atom. The van der Waals surface area contributed by atoms with Crippen LogP contribution in [0.3, 0.4) is 0 Å². The molecular weight excluding hydrogens is 191 g/mol. The summed E-state index contributed by atoms with van der Waals surface area (Å²) in [6, 6.07) is 0. The van der Waals surface area contributed by atoms with Crippen LogP contribution in [-0.4, -0.2) is 24.2 Å². The maximum atomic E-state index is 12.8. The summed E-state index contributed by atoms with van der Waals surface area (Å²) in [7, 11) is 0. The van der Waals surface area contributed by atoms with Gasteiger partial charge in [-0.05, 0) is 25.7 Å². The van der Waals surface area contributed by atoms with E-state index >= 15 is 0 Å². The van der Waals surface area contributed by atoms with Crippen LogP contribution in [0, 0.1) is 5.92 Å². The lowest BCUT2D eigenvalue weighted by Gasteiger charge is -2.31. The Morgan fingerprint density at radius 1 is 1.47 bits per heavy atom. The van der Waals surface area contributed by atoms with Gasteiger partial charge in [-0.15, -0.1) is 0 Å². The van der Waals surface area contributed by atoms with Crippen LogP contribution < -0.4 is 0 Å². The third-order valence-electron chi connectivity index (χ3n) is 2.76. The minimum absolute atomic E-state index is 0.318. The summed E-state index contributed by atoms with van der Waals surface area (Å²) in [5, 5.41) is 0. The Morgan fingerprint density at radius 3 is 2.60 bits per heavy atom. The zero-order valence-corrected chi connectivity index (χ0v) is 9.54. The summed E-state index contributed by atoms with van der Waals surface area (Å²) in [6.07, 6.45) is 4.94. The Kier molecular flexibility index (Phi) is 4.53. The van der Waals surface area contributed by atoms with Crippen molar-refractivity contribution >= 4 is 6.21 Å². The second-order valence-electron chi connectivity index (χ2n) is 4.02. The molecule has 0 atom stereocenters. The molecule has 0 aromatic carbocycles. The Labute approximate surface area is 91.2 Å². The predicted octanol–water partition coefficient (Wildman–Crippen LogP) is 3.13. The van der Waals surface area contributed by atoms with Crippen molar-refractivity contribution in [1.29, 1.82) is 0 Å². The number of allylic oxidation sites excluding steroid dienone is 2. The molecule has 0 aromatic rings. The van der Waals surface area contributed by atoms with Gasteiger partial charge in [0.1, 0.15) is 11.6 Å². The molecule has 0 unspecified atom stereocenters. The molecule has 0 spiro atoms. The minimum atomic E-state index is -0.318. The summed E-state index contributed by atoms with van der Waals surface area (Å²) in [6.45, 7) is 9.70. The molecule has 0 aliphatic carbocycles. The van der Waals surface area contributed by atoms with E-state index in [1.807, 2.05) is 0 Å². The summed E-state index contributed by atoms with van der Waals surface area (Å²) < 4.78 is 12.8. The van der Waals surface area contributed by atoms with Crippen LogP contribution in [0.2, 0.25) is 0 Å². The lowest BCUT2D eigenvalue weighted by molar-refractivity contribution is 0.236. The van der Waals surface area contributed by atoms with Crippen molar-refractivity contribution in [2.24, 2.45) is 10.9 Å². The quantitative estimate of drug-likeness (QED) is 0.653. The molecule has 3 heteroatoms. The molecule has 2 nitrogen and oxygen atoms in total. The van der Waals surface area contributed by atoms with Gasteiger partial charge in [-0.3, -0.25) is 0 Å². The van der Waals surface area contributed by atoms with Crippen LogP contribution >= 0.6 is 0 Å². The van der Waals surface area contributed by atoms with Crippen molar-refractivity contribution in [3.8, 4) is 0 Å². The van der Waals surface area contributed by atoms with E-state index < -0.39 is 0 Å². The van der Waals surface area contributed by atoms with Crippen molar-refractivity contribution in [2.45, 2.75) is 26.7 Å². The number of hydrogen-bond acceptors (Lipinski definition) is 2.